The normalized spacial score (nSPS) is 18.8. The minimum Gasteiger partial charge on any atom is -0.491 e. The summed E-state index contributed by atoms with van der Waals surface area (Å²) in [4.78, 5) is 15.5. The van der Waals surface area contributed by atoms with Crippen molar-refractivity contribution in [2.75, 3.05) is 31.7 Å². The molecule has 2 aliphatic rings. The van der Waals surface area contributed by atoms with Crippen LogP contribution in [0.25, 0.3) is 16.6 Å². The topological polar surface area (TPSA) is 94.0 Å². The highest BCUT2D eigenvalue weighted by Gasteiger charge is 2.48. The number of benzene rings is 3. The van der Waals surface area contributed by atoms with Gasteiger partial charge in [0.25, 0.3) is 5.79 Å². The lowest BCUT2D eigenvalue weighted by Gasteiger charge is -2.29. The fourth-order valence-electron chi connectivity index (χ4n) is 4.96. The fourth-order valence-corrected chi connectivity index (χ4v) is 5.48. The first-order valence-corrected chi connectivity index (χ1v) is 13.4. The average molecular weight is 548 g/mol. The number of ether oxygens (including phenoxy) is 3. The van der Waals surface area contributed by atoms with Gasteiger partial charge in [-0.15, -0.1) is 0 Å². The van der Waals surface area contributed by atoms with Crippen molar-refractivity contribution in [1.82, 2.24) is 8.75 Å². The van der Waals surface area contributed by atoms with Gasteiger partial charge in [0, 0.05) is 24.6 Å². The van der Waals surface area contributed by atoms with Gasteiger partial charge in [0.2, 0.25) is 0 Å². The maximum Gasteiger partial charge on any atom is 0.342 e. The zero-order valence-corrected chi connectivity index (χ0v) is 22.3. The molecule has 0 bridgehead atoms. The summed E-state index contributed by atoms with van der Waals surface area (Å²) >= 11 is 1.08. The molecule has 8 nitrogen and oxygen atoms in total. The number of hydrogen-bond donors (Lipinski definition) is 1. The Morgan fingerprint density at radius 1 is 1.13 bits per heavy atom. The Balaban J connectivity index is 1.48. The van der Waals surface area contributed by atoms with Crippen molar-refractivity contribution in [2.24, 2.45) is 0 Å². The molecule has 0 radical (unpaired) electrons. The molecule has 200 valence electrons. The van der Waals surface area contributed by atoms with E-state index in [9.17, 15) is 9.90 Å². The van der Waals surface area contributed by atoms with E-state index >= 15 is 4.39 Å². The Bertz CT molecular complexity index is 1620. The molecule has 1 N–H and O–H groups in total. The van der Waals surface area contributed by atoms with Crippen LogP contribution >= 0.6 is 11.7 Å². The van der Waals surface area contributed by atoms with E-state index in [0.717, 1.165) is 47.8 Å². The molecule has 10 heteroatoms. The number of nitrogens with zero attached hydrogens (tertiary/aromatic N) is 3. The molecule has 6 rings (SSSR count). The molecule has 39 heavy (non-hydrogen) atoms. The van der Waals surface area contributed by atoms with E-state index in [0.29, 0.717) is 35.4 Å². The summed E-state index contributed by atoms with van der Waals surface area (Å²) in [5.74, 6) is -2.72. The average Bonchev–Trinajstić information content (AvgIpc) is 3.50. The predicted molar refractivity (Wildman–Crippen MR) is 145 cm³/mol. The first kappa shape index (κ1) is 25.3. The largest absolute Gasteiger partial charge is 0.491 e. The maximum absolute atomic E-state index is 15.0. The van der Waals surface area contributed by atoms with E-state index in [1.807, 2.05) is 32.2 Å². The molecule has 1 unspecified atom stereocenters. The Labute approximate surface area is 228 Å². The van der Waals surface area contributed by atoms with Crippen LogP contribution in [0.2, 0.25) is 0 Å². The molecular weight excluding hydrogens is 521 g/mol. The van der Waals surface area contributed by atoms with Crippen LogP contribution < -0.4 is 14.4 Å². The van der Waals surface area contributed by atoms with Crippen LogP contribution in [0, 0.1) is 5.82 Å². The van der Waals surface area contributed by atoms with E-state index in [1.165, 1.54) is 12.1 Å². The molecule has 0 fully saturated rings. The molecule has 1 atom stereocenters. The van der Waals surface area contributed by atoms with Gasteiger partial charge in [0.15, 0.2) is 11.6 Å². The zero-order chi connectivity index (χ0) is 27.1. The third kappa shape index (κ3) is 4.49. The number of rotatable bonds is 7. The number of cyclic esters (lactones) is 1. The van der Waals surface area contributed by atoms with Crippen molar-refractivity contribution in [1.29, 1.82) is 0 Å². The second-order valence-electron chi connectivity index (χ2n) is 9.60. The Hall–Kier alpha value is -4.02. The van der Waals surface area contributed by atoms with E-state index < -0.39 is 17.6 Å². The first-order chi connectivity index (χ1) is 18.9. The van der Waals surface area contributed by atoms with Crippen LogP contribution in [0.5, 0.6) is 11.5 Å². The van der Waals surface area contributed by atoms with E-state index in [-0.39, 0.29) is 23.3 Å². The summed E-state index contributed by atoms with van der Waals surface area (Å²) in [5, 5.41) is 12.0. The van der Waals surface area contributed by atoms with Gasteiger partial charge in [-0.1, -0.05) is 19.1 Å². The molecule has 1 aromatic heterocycles. The predicted octanol–water partition coefficient (Wildman–Crippen LogP) is 4.85. The first-order valence-electron chi connectivity index (χ1n) is 12.7. The third-order valence-electron chi connectivity index (χ3n) is 6.98. The van der Waals surface area contributed by atoms with E-state index in [4.69, 9.17) is 14.2 Å². The van der Waals surface area contributed by atoms with Gasteiger partial charge in [-0.2, -0.15) is 8.75 Å². The minimum atomic E-state index is -2.19. The standard InChI is InChI=1S/C29H26FN3O5S/c1-3-11-36-25-9-6-19(16-21(25)30)29(35)20(13-17-4-8-26-24(14-17)33(2)10-12-37-26)27(28(34)38-29)18-5-7-22-23(15-18)32-39-31-22/h4-9,14-16,35H,3,10-13H2,1-2H3. The number of aliphatic hydroxyl groups is 1. The zero-order valence-electron chi connectivity index (χ0n) is 21.4. The quantitative estimate of drug-likeness (QED) is 0.329. The van der Waals surface area contributed by atoms with Crippen LogP contribution in [0.4, 0.5) is 10.1 Å². The summed E-state index contributed by atoms with van der Waals surface area (Å²) < 4.78 is 40.4. The second-order valence-corrected chi connectivity index (χ2v) is 10.1. The lowest BCUT2D eigenvalue weighted by Crippen LogP contribution is -2.30. The molecular formula is C29H26FN3O5S. The molecule has 0 aliphatic carbocycles. The highest BCUT2D eigenvalue weighted by Crippen LogP contribution is 2.46. The number of anilines is 1. The second kappa shape index (κ2) is 9.94. The van der Waals surface area contributed by atoms with Crippen molar-refractivity contribution in [3.8, 4) is 11.5 Å². The number of fused-ring (bicyclic) bond motifs is 2. The summed E-state index contributed by atoms with van der Waals surface area (Å²) in [6.07, 6.45) is 0.889. The molecule has 3 heterocycles. The molecule has 2 aliphatic heterocycles. The van der Waals surface area contributed by atoms with Gasteiger partial charge in [0.05, 0.1) is 36.1 Å². The van der Waals surface area contributed by atoms with Crippen LogP contribution in [-0.2, 0) is 21.7 Å². The van der Waals surface area contributed by atoms with Crippen LogP contribution in [0.1, 0.15) is 30.0 Å². The highest BCUT2D eigenvalue weighted by molar-refractivity contribution is 7.00. The molecule has 0 saturated carbocycles. The number of likely N-dealkylation sites (N-methyl/N-ethyl adjacent to an activating group) is 1. The Morgan fingerprint density at radius 3 is 2.79 bits per heavy atom. The smallest absolute Gasteiger partial charge is 0.342 e. The fraction of sp³-hybridized carbons (Fsp3) is 0.276. The SMILES string of the molecule is CCCOc1ccc(C2(O)OC(=O)C(c3ccc4nsnc4c3)=C2Cc2ccc3c(c2)N(C)CCO3)cc1F. The van der Waals surface area contributed by atoms with Gasteiger partial charge in [-0.25, -0.2) is 9.18 Å². The van der Waals surface area contributed by atoms with Crippen LogP contribution in [-0.4, -0.2) is 46.6 Å². The van der Waals surface area contributed by atoms with Crippen LogP contribution in [0.15, 0.2) is 60.2 Å². The number of aromatic nitrogens is 2. The van der Waals surface area contributed by atoms with Gasteiger partial charge >= 0.3 is 5.97 Å². The lowest BCUT2D eigenvalue weighted by atomic mass is 9.87. The number of carbonyl (C=O) groups is 1. The summed E-state index contributed by atoms with van der Waals surface area (Å²) in [5.41, 5.74) is 4.21. The van der Waals surface area contributed by atoms with Crippen molar-refractivity contribution < 1.29 is 28.5 Å². The maximum atomic E-state index is 15.0. The van der Waals surface area contributed by atoms with Crippen molar-refractivity contribution >= 4 is 40.0 Å². The summed E-state index contributed by atoms with van der Waals surface area (Å²) in [7, 11) is 1.98. The Kier molecular flexibility index (Phi) is 6.44. The monoisotopic (exact) mass is 547 g/mol. The number of carbonyl (C=O) groups excluding carboxylic acids is 1. The molecule has 0 amide bonds. The number of halogens is 1. The van der Waals surface area contributed by atoms with Crippen molar-refractivity contribution in [3.63, 3.8) is 0 Å². The lowest BCUT2D eigenvalue weighted by molar-refractivity contribution is -0.185. The van der Waals surface area contributed by atoms with Crippen molar-refractivity contribution in [3.05, 3.63) is 82.7 Å². The van der Waals surface area contributed by atoms with E-state index in [1.54, 1.807) is 18.2 Å². The Morgan fingerprint density at radius 2 is 1.97 bits per heavy atom. The summed E-state index contributed by atoms with van der Waals surface area (Å²) in [6, 6.07) is 15.1. The van der Waals surface area contributed by atoms with Gasteiger partial charge < -0.3 is 24.2 Å². The van der Waals surface area contributed by atoms with Gasteiger partial charge in [0.1, 0.15) is 23.4 Å². The number of esters is 1. The number of hydrogen-bond acceptors (Lipinski definition) is 9. The molecule has 0 spiro atoms. The molecule has 3 aromatic carbocycles. The van der Waals surface area contributed by atoms with Crippen LogP contribution in [0.3, 0.4) is 0 Å². The third-order valence-corrected chi connectivity index (χ3v) is 7.54. The highest BCUT2D eigenvalue weighted by atomic mass is 32.1. The minimum absolute atomic E-state index is 0.0680. The van der Waals surface area contributed by atoms with Gasteiger partial charge in [-0.05, 0) is 60.0 Å². The van der Waals surface area contributed by atoms with E-state index in [2.05, 4.69) is 13.6 Å². The van der Waals surface area contributed by atoms with Gasteiger partial charge in [-0.3, -0.25) is 0 Å². The molecule has 4 aromatic rings. The molecule has 0 saturated heterocycles. The summed E-state index contributed by atoms with van der Waals surface area (Å²) in [6.45, 7) is 3.62. The van der Waals surface area contributed by atoms with Crippen molar-refractivity contribution in [2.45, 2.75) is 25.6 Å².